The van der Waals surface area contributed by atoms with Crippen LogP contribution in [0.15, 0.2) is 53.0 Å². The number of thioether (sulfide) groups is 1. The maximum Gasteiger partial charge on any atom is 0.242 e. The summed E-state index contributed by atoms with van der Waals surface area (Å²) in [6, 6.07) is 15.7. The van der Waals surface area contributed by atoms with Gasteiger partial charge in [0.2, 0.25) is 11.8 Å². The second kappa shape index (κ2) is 11.4. The molecule has 2 rings (SSSR count). The van der Waals surface area contributed by atoms with Gasteiger partial charge in [0, 0.05) is 22.8 Å². The fourth-order valence-electron chi connectivity index (χ4n) is 2.91. The molecule has 0 aromatic heterocycles. The van der Waals surface area contributed by atoms with Crippen LogP contribution in [0.1, 0.15) is 37.5 Å². The zero-order chi connectivity index (χ0) is 21.4. The standard InChI is InChI=1S/C23H29BrN2O2S/c1-16(2)25-23(28)18(4)26(13-20-7-5-6-17(3)12-20)22(27)15-29-14-19-8-10-21(24)11-9-19/h5-12,16,18H,13-15H2,1-4H3,(H,25,28). The summed E-state index contributed by atoms with van der Waals surface area (Å²) in [6.45, 7) is 8.09. The number of carbonyl (C=O) groups excluding carboxylic acids is 2. The van der Waals surface area contributed by atoms with E-state index in [1.165, 1.54) is 5.56 Å². The summed E-state index contributed by atoms with van der Waals surface area (Å²) in [5, 5.41) is 2.92. The molecule has 0 radical (unpaired) electrons. The number of halogens is 1. The Bertz CT molecular complexity index is 824. The van der Waals surface area contributed by atoms with Crippen LogP contribution in [0.2, 0.25) is 0 Å². The van der Waals surface area contributed by atoms with Crippen molar-refractivity contribution in [3.8, 4) is 0 Å². The van der Waals surface area contributed by atoms with Crippen molar-refractivity contribution in [2.24, 2.45) is 0 Å². The summed E-state index contributed by atoms with van der Waals surface area (Å²) in [5.41, 5.74) is 3.33. The smallest absolute Gasteiger partial charge is 0.242 e. The largest absolute Gasteiger partial charge is 0.352 e. The molecule has 2 aromatic rings. The van der Waals surface area contributed by atoms with Crippen molar-refractivity contribution in [2.45, 2.75) is 52.1 Å². The van der Waals surface area contributed by atoms with Gasteiger partial charge in [-0.25, -0.2) is 0 Å². The Kier molecular flexibility index (Phi) is 9.24. The SMILES string of the molecule is Cc1cccc(CN(C(=O)CSCc2ccc(Br)cc2)C(C)C(=O)NC(C)C)c1. The van der Waals surface area contributed by atoms with Gasteiger partial charge in [-0.3, -0.25) is 9.59 Å². The van der Waals surface area contributed by atoms with E-state index in [4.69, 9.17) is 0 Å². The van der Waals surface area contributed by atoms with E-state index in [1.54, 1.807) is 23.6 Å². The molecule has 0 heterocycles. The highest BCUT2D eigenvalue weighted by Gasteiger charge is 2.26. The number of rotatable bonds is 9. The summed E-state index contributed by atoms with van der Waals surface area (Å²) >= 11 is 5.00. The highest BCUT2D eigenvalue weighted by Crippen LogP contribution is 2.18. The Morgan fingerprint density at radius 1 is 1.07 bits per heavy atom. The van der Waals surface area contributed by atoms with Crippen LogP contribution in [0, 0.1) is 6.92 Å². The van der Waals surface area contributed by atoms with Gasteiger partial charge in [-0.1, -0.05) is 57.9 Å². The van der Waals surface area contributed by atoms with Crippen LogP contribution >= 0.6 is 27.7 Å². The summed E-state index contributed by atoms with van der Waals surface area (Å²) in [5.74, 6) is 0.935. The van der Waals surface area contributed by atoms with Crippen molar-refractivity contribution in [1.82, 2.24) is 10.2 Å². The molecule has 0 spiro atoms. The highest BCUT2D eigenvalue weighted by molar-refractivity contribution is 9.10. The molecule has 0 aliphatic carbocycles. The van der Waals surface area contributed by atoms with Crippen molar-refractivity contribution < 1.29 is 9.59 Å². The molecule has 2 amide bonds. The lowest BCUT2D eigenvalue weighted by Gasteiger charge is -2.29. The topological polar surface area (TPSA) is 49.4 Å². The first-order valence-electron chi connectivity index (χ1n) is 9.74. The lowest BCUT2D eigenvalue weighted by molar-refractivity contribution is -0.138. The fraction of sp³-hybridized carbons (Fsp3) is 0.391. The molecule has 4 nitrogen and oxygen atoms in total. The number of hydrogen-bond donors (Lipinski definition) is 1. The number of hydrogen-bond acceptors (Lipinski definition) is 3. The maximum atomic E-state index is 13.0. The van der Waals surface area contributed by atoms with Crippen LogP contribution in [-0.2, 0) is 21.9 Å². The average molecular weight is 477 g/mol. The van der Waals surface area contributed by atoms with Gasteiger partial charge in [-0.15, -0.1) is 11.8 Å². The van der Waals surface area contributed by atoms with Gasteiger partial charge in [0.05, 0.1) is 5.75 Å². The molecule has 2 aromatic carbocycles. The maximum absolute atomic E-state index is 13.0. The first-order chi connectivity index (χ1) is 13.8. The summed E-state index contributed by atoms with van der Waals surface area (Å²) < 4.78 is 1.04. The van der Waals surface area contributed by atoms with E-state index >= 15 is 0 Å². The van der Waals surface area contributed by atoms with E-state index < -0.39 is 6.04 Å². The van der Waals surface area contributed by atoms with E-state index in [-0.39, 0.29) is 17.9 Å². The minimum atomic E-state index is -0.529. The predicted octanol–water partition coefficient (Wildman–Crippen LogP) is 4.93. The summed E-state index contributed by atoms with van der Waals surface area (Å²) in [4.78, 5) is 27.3. The van der Waals surface area contributed by atoms with Crippen LogP contribution < -0.4 is 5.32 Å². The van der Waals surface area contributed by atoms with Gasteiger partial charge in [-0.2, -0.15) is 0 Å². The second-order valence-electron chi connectivity index (χ2n) is 7.47. The second-order valence-corrected chi connectivity index (χ2v) is 9.37. The molecule has 1 unspecified atom stereocenters. The van der Waals surface area contributed by atoms with Gasteiger partial charge in [-0.05, 0) is 51.0 Å². The first kappa shape index (κ1) is 23.5. The molecule has 6 heteroatoms. The molecule has 0 saturated carbocycles. The molecule has 0 aliphatic heterocycles. The van der Waals surface area contributed by atoms with E-state index in [0.29, 0.717) is 12.3 Å². The van der Waals surface area contributed by atoms with Crippen molar-refractivity contribution in [3.63, 3.8) is 0 Å². The molecule has 1 atom stereocenters. The van der Waals surface area contributed by atoms with E-state index in [2.05, 4.69) is 27.3 Å². The molecule has 0 fully saturated rings. The van der Waals surface area contributed by atoms with Crippen LogP contribution in [0.4, 0.5) is 0 Å². The number of benzene rings is 2. The number of amides is 2. The van der Waals surface area contributed by atoms with Crippen molar-refractivity contribution in [3.05, 3.63) is 69.7 Å². The third-order valence-corrected chi connectivity index (χ3v) is 5.96. The predicted molar refractivity (Wildman–Crippen MR) is 125 cm³/mol. The van der Waals surface area contributed by atoms with Crippen LogP contribution in [0.3, 0.4) is 0 Å². The molecule has 0 aliphatic rings. The fourth-order valence-corrected chi connectivity index (χ4v) is 4.05. The Hall–Kier alpha value is -1.79. The number of nitrogens with one attached hydrogen (secondary N) is 1. The number of aryl methyl sites for hydroxylation is 1. The average Bonchev–Trinajstić information content (AvgIpc) is 2.66. The molecule has 156 valence electrons. The van der Waals surface area contributed by atoms with Crippen LogP contribution in [0.25, 0.3) is 0 Å². The van der Waals surface area contributed by atoms with Crippen LogP contribution in [-0.4, -0.2) is 34.6 Å². The molecular formula is C23H29BrN2O2S. The van der Waals surface area contributed by atoms with Gasteiger partial charge in [0.25, 0.3) is 0 Å². The Labute approximate surface area is 186 Å². The molecule has 1 N–H and O–H groups in total. The Morgan fingerprint density at radius 2 is 1.76 bits per heavy atom. The lowest BCUT2D eigenvalue weighted by atomic mass is 10.1. The quantitative estimate of drug-likeness (QED) is 0.557. The van der Waals surface area contributed by atoms with Crippen molar-refractivity contribution in [2.75, 3.05) is 5.75 Å². The Balaban J connectivity index is 2.06. The van der Waals surface area contributed by atoms with E-state index in [9.17, 15) is 9.59 Å². The molecule has 0 saturated heterocycles. The normalized spacial score (nSPS) is 11.9. The van der Waals surface area contributed by atoms with Crippen LogP contribution in [0.5, 0.6) is 0 Å². The first-order valence-corrected chi connectivity index (χ1v) is 11.7. The minimum absolute atomic E-state index is 0.0278. The Morgan fingerprint density at radius 3 is 2.38 bits per heavy atom. The van der Waals surface area contributed by atoms with E-state index in [1.807, 2.05) is 63.2 Å². The van der Waals surface area contributed by atoms with Gasteiger partial charge in [0.15, 0.2) is 0 Å². The zero-order valence-corrected chi connectivity index (χ0v) is 19.8. The van der Waals surface area contributed by atoms with Crippen molar-refractivity contribution >= 4 is 39.5 Å². The number of nitrogens with zero attached hydrogens (tertiary/aromatic N) is 1. The monoisotopic (exact) mass is 476 g/mol. The van der Waals surface area contributed by atoms with Crippen molar-refractivity contribution in [1.29, 1.82) is 0 Å². The van der Waals surface area contributed by atoms with Gasteiger partial charge >= 0.3 is 0 Å². The third-order valence-electron chi connectivity index (χ3n) is 4.44. The molecule has 0 bridgehead atoms. The summed E-state index contributed by atoms with van der Waals surface area (Å²) in [6.07, 6.45) is 0. The highest BCUT2D eigenvalue weighted by atomic mass is 79.9. The lowest BCUT2D eigenvalue weighted by Crippen LogP contribution is -2.49. The van der Waals surface area contributed by atoms with Gasteiger partial charge < -0.3 is 10.2 Å². The number of carbonyl (C=O) groups is 2. The minimum Gasteiger partial charge on any atom is -0.352 e. The molecule has 29 heavy (non-hydrogen) atoms. The van der Waals surface area contributed by atoms with Gasteiger partial charge in [0.1, 0.15) is 6.04 Å². The zero-order valence-electron chi connectivity index (χ0n) is 17.4. The van der Waals surface area contributed by atoms with E-state index in [0.717, 1.165) is 21.4 Å². The third kappa shape index (κ3) is 7.86. The molecular weight excluding hydrogens is 448 g/mol. The summed E-state index contributed by atoms with van der Waals surface area (Å²) in [7, 11) is 0.